The normalized spacial score (nSPS) is 22.6. The molecular weight excluding hydrogens is 244 g/mol. The molecule has 0 spiro atoms. The number of anilines is 2. The van der Waals surface area contributed by atoms with Gasteiger partial charge in [0.25, 0.3) is 0 Å². The van der Waals surface area contributed by atoms with Crippen LogP contribution in [0.4, 0.5) is 11.9 Å². The fourth-order valence-electron chi connectivity index (χ4n) is 2.38. The van der Waals surface area contributed by atoms with E-state index in [9.17, 15) is 0 Å². The van der Waals surface area contributed by atoms with Crippen molar-refractivity contribution in [1.82, 2.24) is 15.0 Å². The summed E-state index contributed by atoms with van der Waals surface area (Å²) in [6, 6.07) is 0.744. The monoisotopic (exact) mass is 266 g/mol. The van der Waals surface area contributed by atoms with Gasteiger partial charge in [-0.25, -0.2) is 5.84 Å². The molecule has 1 saturated heterocycles. The molecule has 1 aromatic rings. The van der Waals surface area contributed by atoms with Crippen LogP contribution < -0.4 is 20.9 Å². The van der Waals surface area contributed by atoms with E-state index in [1.165, 1.54) is 0 Å². The van der Waals surface area contributed by atoms with Crippen molar-refractivity contribution in [3.05, 3.63) is 0 Å². The van der Waals surface area contributed by atoms with Gasteiger partial charge in [0, 0.05) is 12.6 Å². The number of hydrogen-bond acceptors (Lipinski definition) is 7. The van der Waals surface area contributed by atoms with Crippen molar-refractivity contribution in [2.24, 2.45) is 11.8 Å². The van der Waals surface area contributed by atoms with E-state index in [2.05, 4.69) is 39.1 Å². The fraction of sp³-hybridized carbons (Fsp3) is 0.750. The van der Waals surface area contributed by atoms with E-state index in [1.54, 1.807) is 0 Å². The van der Waals surface area contributed by atoms with E-state index >= 15 is 0 Å². The highest BCUT2D eigenvalue weighted by molar-refractivity contribution is 5.39. The zero-order valence-electron chi connectivity index (χ0n) is 11.8. The Morgan fingerprint density at radius 3 is 2.74 bits per heavy atom. The van der Waals surface area contributed by atoms with Crippen LogP contribution in [-0.4, -0.2) is 34.1 Å². The lowest BCUT2D eigenvalue weighted by Crippen LogP contribution is -2.29. The zero-order chi connectivity index (χ0) is 13.8. The Kier molecular flexibility index (Phi) is 4.36. The lowest BCUT2D eigenvalue weighted by molar-refractivity contribution is 0.291. The molecule has 19 heavy (non-hydrogen) atoms. The minimum absolute atomic E-state index is 0.326. The molecule has 7 nitrogen and oxygen atoms in total. The Morgan fingerprint density at radius 1 is 1.37 bits per heavy atom. The predicted octanol–water partition coefficient (Wildman–Crippen LogP) is 1.18. The molecule has 0 saturated carbocycles. The number of aromatic nitrogens is 3. The van der Waals surface area contributed by atoms with Gasteiger partial charge in [0.2, 0.25) is 11.9 Å². The highest BCUT2D eigenvalue weighted by Crippen LogP contribution is 2.27. The summed E-state index contributed by atoms with van der Waals surface area (Å²) in [6.07, 6.45) is 2.05. The lowest BCUT2D eigenvalue weighted by atomic mass is 10.1. The topological polar surface area (TPSA) is 89.2 Å². The molecule has 3 N–H and O–H groups in total. The van der Waals surface area contributed by atoms with Crippen LogP contribution in [-0.2, 0) is 0 Å². The first-order valence-corrected chi connectivity index (χ1v) is 6.76. The molecule has 0 aromatic carbocycles. The quantitative estimate of drug-likeness (QED) is 0.611. The molecule has 1 fully saturated rings. The molecule has 1 aliphatic rings. The maximum Gasteiger partial charge on any atom is 0.323 e. The van der Waals surface area contributed by atoms with Gasteiger partial charge in [-0.15, -0.1) is 0 Å². The lowest BCUT2D eigenvalue weighted by Gasteiger charge is -2.21. The number of ether oxygens (including phenoxy) is 1. The summed E-state index contributed by atoms with van der Waals surface area (Å²) in [4.78, 5) is 15.0. The van der Waals surface area contributed by atoms with Crippen molar-refractivity contribution in [3.8, 4) is 6.01 Å². The molecule has 2 rings (SSSR count). The Hall–Kier alpha value is -1.63. The molecular formula is C12H22N6O. The smallest absolute Gasteiger partial charge is 0.323 e. The third-order valence-electron chi connectivity index (χ3n) is 3.21. The average Bonchev–Trinajstić information content (AvgIpc) is 2.75. The summed E-state index contributed by atoms with van der Waals surface area (Å²) in [7, 11) is 0. The van der Waals surface area contributed by atoms with Crippen LogP contribution in [0.15, 0.2) is 0 Å². The maximum atomic E-state index is 5.48. The highest BCUT2D eigenvalue weighted by atomic mass is 16.5. The minimum Gasteiger partial charge on any atom is -0.463 e. The first kappa shape index (κ1) is 13.8. The fourth-order valence-corrected chi connectivity index (χ4v) is 2.38. The third kappa shape index (κ3) is 3.23. The molecule has 2 unspecified atom stereocenters. The molecule has 2 atom stereocenters. The molecule has 0 aliphatic carbocycles. The van der Waals surface area contributed by atoms with Crippen molar-refractivity contribution in [2.45, 2.75) is 39.7 Å². The van der Waals surface area contributed by atoms with Gasteiger partial charge >= 0.3 is 6.01 Å². The van der Waals surface area contributed by atoms with Gasteiger partial charge in [0.15, 0.2) is 0 Å². The van der Waals surface area contributed by atoms with Crippen LogP contribution in [0.3, 0.4) is 0 Å². The number of nitrogens with two attached hydrogens (primary N) is 1. The molecule has 1 aliphatic heterocycles. The van der Waals surface area contributed by atoms with Gasteiger partial charge in [-0.05, 0) is 25.7 Å². The Balaban J connectivity index is 2.23. The van der Waals surface area contributed by atoms with Gasteiger partial charge in [-0.3, -0.25) is 5.43 Å². The van der Waals surface area contributed by atoms with Gasteiger partial charge in [0.1, 0.15) is 0 Å². The second-order valence-electron chi connectivity index (χ2n) is 5.08. The van der Waals surface area contributed by atoms with Crippen LogP contribution in [0.2, 0.25) is 0 Å². The SMILES string of the molecule is CCCOc1nc(NN)nc(N2CC(C)CC2C)n1. The summed E-state index contributed by atoms with van der Waals surface area (Å²) in [5.41, 5.74) is 2.46. The molecule has 1 aromatic heterocycles. The van der Waals surface area contributed by atoms with Crippen LogP contribution in [0.5, 0.6) is 6.01 Å². The number of hydrazine groups is 1. The van der Waals surface area contributed by atoms with E-state index in [0.717, 1.165) is 19.4 Å². The van der Waals surface area contributed by atoms with E-state index < -0.39 is 0 Å². The van der Waals surface area contributed by atoms with Gasteiger partial charge in [-0.2, -0.15) is 15.0 Å². The number of rotatable bonds is 5. The molecule has 106 valence electrons. The molecule has 0 radical (unpaired) electrons. The summed E-state index contributed by atoms with van der Waals surface area (Å²) >= 11 is 0. The average molecular weight is 266 g/mol. The van der Waals surface area contributed by atoms with E-state index in [1.807, 2.05) is 6.92 Å². The van der Waals surface area contributed by atoms with E-state index in [4.69, 9.17) is 10.6 Å². The first-order chi connectivity index (χ1) is 9.13. The van der Waals surface area contributed by atoms with Gasteiger partial charge in [0.05, 0.1) is 6.61 Å². The van der Waals surface area contributed by atoms with Crippen molar-refractivity contribution < 1.29 is 4.74 Å². The Bertz CT molecular complexity index is 427. The van der Waals surface area contributed by atoms with Crippen molar-refractivity contribution in [2.75, 3.05) is 23.5 Å². The third-order valence-corrected chi connectivity index (χ3v) is 3.21. The molecule has 7 heteroatoms. The van der Waals surface area contributed by atoms with Crippen LogP contribution >= 0.6 is 0 Å². The molecule has 0 bridgehead atoms. The van der Waals surface area contributed by atoms with Crippen molar-refractivity contribution in [1.29, 1.82) is 0 Å². The number of nitrogen functional groups attached to an aromatic ring is 1. The van der Waals surface area contributed by atoms with Crippen molar-refractivity contribution >= 4 is 11.9 Å². The summed E-state index contributed by atoms with van der Waals surface area (Å²) in [5, 5.41) is 0. The van der Waals surface area contributed by atoms with Gasteiger partial charge < -0.3 is 9.64 Å². The second-order valence-corrected chi connectivity index (χ2v) is 5.08. The minimum atomic E-state index is 0.326. The number of nitrogens with zero attached hydrogens (tertiary/aromatic N) is 4. The predicted molar refractivity (Wildman–Crippen MR) is 74.0 cm³/mol. The Morgan fingerprint density at radius 2 is 2.16 bits per heavy atom. The molecule has 2 heterocycles. The van der Waals surface area contributed by atoms with Crippen molar-refractivity contribution in [3.63, 3.8) is 0 Å². The molecule has 0 amide bonds. The first-order valence-electron chi connectivity index (χ1n) is 6.76. The summed E-state index contributed by atoms with van der Waals surface area (Å²) in [6.45, 7) is 7.97. The van der Waals surface area contributed by atoms with Crippen LogP contribution in [0.25, 0.3) is 0 Å². The Labute approximate surface area is 113 Å². The van der Waals surface area contributed by atoms with Gasteiger partial charge in [-0.1, -0.05) is 13.8 Å². The highest BCUT2D eigenvalue weighted by Gasteiger charge is 2.28. The second kappa shape index (κ2) is 6.01. The standard InChI is InChI=1S/C12H22N6O/c1-4-5-19-12-15-10(17-13)14-11(16-12)18-7-8(2)6-9(18)3/h8-9H,4-7,13H2,1-3H3,(H,14,15,16,17). The number of hydrogen-bond donors (Lipinski definition) is 2. The largest absolute Gasteiger partial charge is 0.463 e. The number of nitrogens with one attached hydrogen (secondary N) is 1. The zero-order valence-corrected chi connectivity index (χ0v) is 11.8. The maximum absolute atomic E-state index is 5.48. The van der Waals surface area contributed by atoms with Crippen LogP contribution in [0, 0.1) is 5.92 Å². The summed E-state index contributed by atoms with van der Waals surface area (Å²) in [5.74, 6) is 7.01. The van der Waals surface area contributed by atoms with E-state index in [0.29, 0.717) is 36.5 Å². The van der Waals surface area contributed by atoms with Crippen LogP contribution in [0.1, 0.15) is 33.6 Å². The van der Waals surface area contributed by atoms with E-state index in [-0.39, 0.29) is 0 Å². The summed E-state index contributed by atoms with van der Waals surface area (Å²) < 4.78 is 5.48.